The number of phosphoric ester groups is 1. The lowest BCUT2D eigenvalue weighted by molar-refractivity contribution is -0.161. The smallest absolute Gasteiger partial charge is 0.462 e. The lowest BCUT2D eigenvalue weighted by Crippen LogP contribution is -2.29. The van der Waals surface area contributed by atoms with E-state index in [1.165, 1.54) is 57.8 Å². The van der Waals surface area contributed by atoms with Gasteiger partial charge in [0.15, 0.2) is 6.10 Å². The van der Waals surface area contributed by atoms with Crippen molar-refractivity contribution >= 4 is 19.8 Å². The Bertz CT molecular complexity index is 1050. The molecule has 0 aliphatic rings. The second kappa shape index (κ2) is 39.4. The Kier molecular flexibility index (Phi) is 37.7. The molecule has 2 atom stereocenters. The molecule has 9 nitrogen and oxygen atoms in total. The Morgan fingerprint density at radius 1 is 0.566 bits per heavy atom. The molecule has 0 aromatic carbocycles. The first-order chi connectivity index (χ1) is 25.8. The van der Waals surface area contributed by atoms with Crippen LogP contribution in [-0.2, 0) is 32.7 Å². The van der Waals surface area contributed by atoms with Crippen LogP contribution in [0.15, 0.2) is 60.8 Å². The monoisotopic (exact) mass is 766 g/mol. The summed E-state index contributed by atoms with van der Waals surface area (Å²) in [4.78, 5) is 34.8. The Balaban J connectivity index is 4.27. The summed E-state index contributed by atoms with van der Waals surface area (Å²) >= 11 is 0. The summed E-state index contributed by atoms with van der Waals surface area (Å²) in [7, 11) is -4.39. The fourth-order valence-corrected chi connectivity index (χ4v) is 6.03. The minimum Gasteiger partial charge on any atom is -0.462 e. The minimum atomic E-state index is -4.39. The molecule has 0 fully saturated rings. The van der Waals surface area contributed by atoms with E-state index in [1.807, 2.05) is 0 Å². The van der Waals surface area contributed by atoms with Crippen molar-refractivity contribution in [3.8, 4) is 0 Å². The van der Waals surface area contributed by atoms with Gasteiger partial charge in [-0.1, -0.05) is 139 Å². The van der Waals surface area contributed by atoms with Gasteiger partial charge in [-0.2, -0.15) is 0 Å². The number of ether oxygens (including phenoxy) is 2. The van der Waals surface area contributed by atoms with Crippen molar-refractivity contribution in [2.45, 2.75) is 174 Å². The molecule has 0 radical (unpaired) electrons. The van der Waals surface area contributed by atoms with Crippen molar-refractivity contribution in [3.63, 3.8) is 0 Å². The van der Waals surface area contributed by atoms with Crippen LogP contribution in [0.25, 0.3) is 0 Å². The van der Waals surface area contributed by atoms with Gasteiger partial charge in [0.2, 0.25) is 0 Å². The van der Waals surface area contributed by atoms with Gasteiger partial charge in [-0.3, -0.25) is 18.6 Å². The second-order valence-corrected chi connectivity index (χ2v) is 14.9. The average molecular weight is 766 g/mol. The van der Waals surface area contributed by atoms with E-state index < -0.39 is 32.5 Å². The molecule has 0 saturated heterocycles. The van der Waals surface area contributed by atoms with Crippen molar-refractivity contribution in [1.82, 2.24) is 0 Å². The molecule has 10 heteroatoms. The van der Waals surface area contributed by atoms with Gasteiger partial charge in [-0.25, -0.2) is 4.57 Å². The second-order valence-electron chi connectivity index (χ2n) is 13.5. The summed E-state index contributed by atoms with van der Waals surface area (Å²) in [5.74, 6) is -0.887. The molecule has 0 bridgehead atoms. The van der Waals surface area contributed by atoms with E-state index in [0.717, 1.165) is 70.6 Å². The lowest BCUT2D eigenvalue weighted by atomic mass is 10.1. The number of carbonyl (C=O) groups excluding carboxylic acids is 2. The maximum Gasteiger partial charge on any atom is 0.472 e. The highest BCUT2D eigenvalue weighted by Crippen LogP contribution is 2.43. The Morgan fingerprint density at radius 2 is 1.02 bits per heavy atom. The summed E-state index contributed by atoms with van der Waals surface area (Å²) in [6, 6.07) is 0. The molecule has 0 aliphatic carbocycles. The number of allylic oxidation sites excluding steroid dienone is 10. The van der Waals surface area contributed by atoms with E-state index in [9.17, 15) is 19.0 Å². The van der Waals surface area contributed by atoms with Crippen LogP contribution in [0.2, 0.25) is 0 Å². The van der Waals surface area contributed by atoms with E-state index >= 15 is 0 Å². The van der Waals surface area contributed by atoms with Gasteiger partial charge in [0.25, 0.3) is 0 Å². The van der Waals surface area contributed by atoms with Gasteiger partial charge < -0.3 is 20.1 Å². The summed E-state index contributed by atoms with van der Waals surface area (Å²) in [6.07, 6.45) is 45.3. The zero-order valence-electron chi connectivity index (χ0n) is 33.5. The van der Waals surface area contributed by atoms with Crippen molar-refractivity contribution in [2.24, 2.45) is 5.73 Å². The largest absolute Gasteiger partial charge is 0.472 e. The van der Waals surface area contributed by atoms with Gasteiger partial charge >= 0.3 is 19.8 Å². The molecular weight excluding hydrogens is 689 g/mol. The molecule has 53 heavy (non-hydrogen) atoms. The third-order valence-corrected chi connectivity index (χ3v) is 9.34. The number of carbonyl (C=O) groups is 2. The molecule has 0 aromatic rings. The summed E-state index contributed by atoms with van der Waals surface area (Å²) in [5.41, 5.74) is 5.34. The van der Waals surface area contributed by atoms with Crippen molar-refractivity contribution < 1.29 is 37.6 Å². The molecule has 0 spiro atoms. The number of hydrogen-bond donors (Lipinski definition) is 2. The highest BCUT2D eigenvalue weighted by molar-refractivity contribution is 7.47. The van der Waals surface area contributed by atoms with Crippen LogP contribution >= 0.6 is 7.82 Å². The number of phosphoric acid groups is 1. The summed E-state index contributed by atoms with van der Waals surface area (Å²) < 4.78 is 32.7. The number of unbranched alkanes of at least 4 members (excludes halogenated alkanes) is 15. The molecule has 0 amide bonds. The van der Waals surface area contributed by atoms with Crippen LogP contribution in [0.4, 0.5) is 0 Å². The fraction of sp³-hybridized carbons (Fsp3) is 0.721. The van der Waals surface area contributed by atoms with Crippen molar-refractivity contribution in [1.29, 1.82) is 0 Å². The molecule has 0 heterocycles. The first-order valence-electron chi connectivity index (χ1n) is 20.8. The maximum atomic E-state index is 12.5. The third-order valence-electron chi connectivity index (χ3n) is 8.36. The fourth-order valence-electron chi connectivity index (χ4n) is 5.27. The molecule has 1 unspecified atom stereocenters. The Hall–Kier alpha value is -2.29. The summed E-state index contributed by atoms with van der Waals surface area (Å²) in [6.45, 7) is 3.59. The van der Waals surface area contributed by atoms with Gasteiger partial charge in [-0.15, -0.1) is 0 Å². The van der Waals surface area contributed by atoms with Crippen LogP contribution in [0.5, 0.6) is 0 Å². The molecule has 306 valence electrons. The molecule has 0 rings (SSSR count). The predicted octanol–water partition coefficient (Wildman–Crippen LogP) is 11.7. The van der Waals surface area contributed by atoms with Crippen LogP contribution in [0.3, 0.4) is 0 Å². The SMILES string of the molecule is CCC/C=C/C/C=C/C/C=C/C/C=C/CCCCCC(=O)OC[C@H](COP(=O)(O)OCCN)OC(=O)CCCCC/C=C/CCCCCCCCCC. The topological polar surface area (TPSA) is 134 Å². The third kappa shape index (κ3) is 39.2. The van der Waals surface area contributed by atoms with E-state index in [1.54, 1.807) is 0 Å². The number of hydrogen-bond acceptors (Lipinski definition) is 8. The number of nitrogens with two attached hydrogens (primary N) is 1. The zero-order valence-corrected chi connectivity index (χ0v) is 34.4. The number of esters is 2. The van der Waals surface area contributed by atoms with Crippen LogP contribution in [0.1, 0.15) is 168 Å². The molecular formula is C43H76NO8P. The predicted molar refractivity (Wildman–Crippen MR) is 219 cm³/mol. The van der Waals surface area contributed by atoms with Crippen molar-refractivity contribution in [3.05, 3.63) is 60.8 Å². The van der Waals surface area contributed by atoms with Crippen LogP contribution in [0, 0.1) is 0 Å². The van der Waals surface area contributed by atoms with E-state index in [4.69, 9.17) is 24.3 Å². The van der Waals surface area contributed by atoms with Gasteiger partial charge in [0.05, 0.1) is 13.2 Å². The summed E-state index contributed by atoms with van der Waals surface area (Å²) in [5, 5.41) is 0. The van der Waals surface area contributed by atoms with E-state index in [2.05, 4.69) is 74.6 Å². The molecule has 0 saturated carbocycles. The van der Waals surface area contributed by atoms with Crippen LogP contribution < -0.4 is 5.73 Å². The Labute approximate surface area is 323 Å². The van der Waals surface area contributed by atoms with Crippen LogP contribution in [-0.4, -0.2) is 49.3 Å². The normalized spacial score (nSPS) is 14.0. The first kappa shape index (κ1) is 50.7. The minimum absolute atomic E-state index is 0.0441. The molecule has 0 aromatic heterocycles. The zero-order chi connectivity index (χ0) is 38.9. The van der Waals surface area contributed by atoms with Gasteiger partial charge in [-0.05, 0) is 77.0 Å². The first-order valence-corrected chi connectivity index (χ1v) is 22.3. The van der Waals surface area contributed by atoms with Crippen molar-refractivity contribution in [2.75, 3.05) is 26.4 Å². The Morgan fingerprint density at radius 3 is 1.55 bits per heavy atom. The molecule has 3 N–H and O–H groups in total. The average Bonchev–Trinajstić information content (AvgIpc) is 3.14. The quantitative estimate of drug-likeness (QED) is 0.0272. The van der Waals surface area contributed by atoms with Gasteiger partial charge in [0.1, 0.15) is 6.61 Å². The maximum absolute atomic E-state index is 12.5. The van der Waals surface area contributed by atoms with E-state index in [-0.39, 0.29) is 32.6 Å². The standard InChI is InChI=1S/C43H76NO8P/c1-3-5-7-9-11-13-15-17-19-20-22-23-25-27-29-31-33-35-42(45)49-39-41(40-51-53(47,48)50-38-37-44)52-43(46)36-34-32-30-28-26-24-21-18-16-14-12-10-8-6-4-2/h7,9,13,15,19-20,23-26,41H,3-6,8,10-12,14,16-18,21-22,27-40,44H2,1-2H3,(H,47,48)/b9-7+,15-13+,20-19+,25-23+,26-24+/t41-/m1/s1. The highest BCUT2D eigenvalue weighted by atomic mass is 31.2. The number of rotatable bonds is 38. The highest BCUT2D eigenvalue weighted by Gasteiger charge is 2.25. The van der Waals surface area contributed by atoms with E-state index in [0.29, 0.717) is 12.8 Å². The van der Waals surface area contributed by atoms with Gasteiger partial charge in [0, 0.05) is 19.4 Å². The molecule has 0 aliphatic heterocycles. The lowest BCUT2D eigenvalue weighted by Gasteiger charge is -2.19.